The summed E-state index contributed by atoms with van der Waals surface area (Å²) < 4.78 is 1.37. The maximum Gasteiger partial charge on any atom is 0.263 e. The fraction of sp³-hybridized carbons (Fsp3) is 0.214. The van der Waals surface area contributed by atoms with E-state index in [9.17, 15) is 9.59 Å². The molecule has 0 aromatic carbocycles. The first kappa shape index (κ1) is 14.0. The summed E-state index contributed by atoms with van der Waals surface area (Å²) in [5.41, 5.74) is 5.99. The number of aromatic nitrogens is 2. The molecule has 3 heterocycles. The van der Waals surface area contributed by atoms with Crippen molar-refractivity contribution < 1.29 is 4.79 Å². The number of fused-ring (bicyclic) bond motifs is 1. The van der Waals surface area contributed by atoms with Crippen LogP contribution in [0.15, 0.2) is 27.7 Å². The molecule has 0 saturated heterocycles. The summed E-state index contributed by atoms with van der Waals surface area (Å²) in [6, 6.07) is 3.19. The molecule has 0 spiro atoms. The van der Waals surface area contributed by atoms with Crippen LogP contribution in [0.1, 0.15) is 18.8 Å². The zero-order valence-electron chi connectivity index (χ0n) is 11.5. The standard InChI is InChI=1S/C14H13N3O2S2/c1-7(12(15)18)17-8(2)16-13-11(14(17)19)9(6-21-13)10-4-3-5-20-10/h3-7H,1-2H3,(H2,15,18). The van der Waals surface area contributed by atoms with Gasteiger partial charge in [0.05, 0.1) is 5.39 Å². The van der Waals surface area contributed by atoms with Crippen LogP contribution in [0.2, 0.25) is 0 Å². The second kappa shape index (κ2) is 5.09. The number of rotatable bonds is 3. The number of thiophene rings is 2. The molecule has 21 heavy (non-hydrogen) atoms. The predicted octanol–water partition coefficient (Wildman–Crippen LogP) is 2.54. The summed E-state index contributed by atoms with van der Waals surface area (Å²) >= 11 is 3.00. The Kier molecular flexibility index (Phi) is 3.38. The summed E-state index contributed by atoms with van der Waals surface area (Å²) in [4.78, 5) is 30.4. The van der Waals surface area contributed by atoms with Crippen molar-refractivity contribution in [3.8, 4) is 10.4 Å². The van der Waals surface area contributed by atoms with E-state index in [-0.39, 0.29) is 5.56 Å². The number of hydrogen-bond donors (Lipinski definition) is 1. The first-order chi connectivity index (χ1) is 10.0. The fourth-order valence-corrected chi connectivity index (χ4v) is 4.10. The summed E-state index contributed by atoms with van der Waals surface area (Å²) in [6.07, 6.45) is 0. The molecule has 7 heteroatoms. The van der Waals surface area contributed by atoms with E-state index in [0.29, 0.717) is 16.0 Å². The fourth-order valence-electron chi connectivity index (χ4n) is 2.30. The van der Waals surface area contributed by atoms with Crippen LogP contribution in [0.4, 0.5) is 0 Å². The van der Waals surface area contributed by atoms with E-state index in [1.54, 1.807) is 25.2 Å². The lowest BCUT2D eigenvalue weighted by atomic mass is 10.2. The lowest BCUT2D eigenvalue weighted by Crippen LogP contribution is -2.34. The molecule has 1 unspecified atom stereocenters. The first-order valence-electron chi connectivity index (χ1n) is 6.34. The van der Waals surface area contributed by atoms with Gasteiger partial charge in [0.2, 0.25) is 5.91 Å². The average molecular weight is 319 g/mol. The van der Waals surface area contributed by atoms with Gasteiger partial charge in [-0.2, -0.15) is 0 Å². The van der Waals surface area contributed by atoms with Crippen LogP contribution in [0, 0.1) is 6.92 Å². The number of carbonyl (C=O) groups is 1. The van der Waals surface area contributed by atoms with Crippen LogP contribution in [-0.4, -0.2) is 15.5 Å². The maximum atomic E-state index is 12.8. The van der Waals surface area contributed by atoms with Crippen molar-refractivity contribution in [1.82, 2.24) is 9.55 Å². The highest BCUT2D eigenvalue weighted by Crippen LogP contribution is 2.33. The summed E-state index contributed by atoms with van der Waals surface area (Å²) in [5.74, 6) is -0.0485. The zero-order valence-corrected chi connectivity index (χ0v) is 13.1. The van der Waals surface area contributed by atoms with Crippen LogP contribution in [0.3, 0.4) is 0 Å². The Bertz CT molecular complexity index is 878. The van der Waals surface area contributed by atoms with Crippen LogP contribution in [0.5, 0.6) is 0 Å². The van der Waals surface area contributed by atoms with Gasteiger partial charge in [-0.15, -0.1) is 22.7 Å². The molecule has 3 rings (SSSR count). The number of nitrogens with zero attached hydrogens (tertiary/aromatic N) is 2. The van der Waals surface area contributed by atoms with E-state index in [4.69, 9.17) is 5.73 Å². The number of aryl methyl sites for hydroxylation is 1. The SMILES string of the molecule is Cc1nc2scc(-c3cccs3)c2c(=O)n1C(C)C(N)=O. The minimum atomic E-state index is -0.717. The zero-order chi connectivity index (χ0) is 15.1. The minimum Gasteiger partial charge on any atom is -0.368 e. The van der Waals surface area contributed by atoms with Gasteiger partial charge in [-0.1, -0.05) is 6.07 Å². The van der Waals surface area contributed by atoms with Crippen molar-refractivity contribution >= 4 is 38.8 Å². The van der Waals surface area contributed by atoms with E-state index < -0.39 is 11.9 Å². The Labute approximate surface area is 128 Å². The lowest BCUT2D eigenvalue weighted by molar-refractivity contribution is -0.120. The molecular formula is C14H13N3O2S2. The van der Waals surface area contributed by atoms with Crippen molar-refractivity contribution in [2.24, 2.45) is 5.73 Å². The molecule has 0 aliphatic carbocycles. The largest absolute Gasteiger partial charge is 0.368 e. The topological polar surface area (TPSA) is 78.0 Å². The van der Waals surface area contributed by atoms with E-state index in [1.165, 1.54) is 15.9 Å². The van der Waals surface area contributed by atoms with Gasteiger partial charge in [-0.3, -0.25) is 14.2 Å². The molecule has 0 radical (unpaired) electrons. The minimum absolute atomic E-state index is 0.214. The Morgan fingerprint density at radius 2 is 2.19 bits per heavy atom. The molecular weight excluding hydrogens is 306 g/mol. The van der Waals surface area contributed by atoms with Gasteiger partial charge >= 0.3 is 0 Å². The monoisotopic (exact) mass is 319 g/mol. The van der Waals surface area contributed by atoms with Gasteiger partial charge in [-0.25, -0.2) is 4.98 Å². The highest BCUT2D eigenvalue weighted by molar-refractivity contribution is 7.18. The van der Waals surface area contributed by atoms with E-state index in [0.717, 1.165) is 10.4 Å². The maximum absolute atomic E-state index is 12.8. The molecule has 3 aromatic heterocycles. The normalized spacial score (nSPS) is 12.7. The number of carbonyl (C=O) groups excluding carboxylic acids is 1. The predicted molar refractivity (Wildman–Crippen MR) is 85.8 cm³/mol. The molecule has 0 saturated carbocycles. The second-order valence-corrected chi connectivity index (χ2v) is 6.53. The number of amides is 1. The average Bonchev–Trinajstić information content (AvgIpc) is 3.06. The number of hydrogen-bond acceptors (Lipinski definition) is 5. The summed E-state index contributed by atoms with van der Waals surface area (Å²) in [6.45, 7) is 3.33. The lowest BCUT2D eigenvalue weighted by Gasteiger charge is -2.14. The van der Waals surface area contributed by atoms with Crippen molar-refractivity contribution in [2.45, 2.75) is 19.9 Å². The quantitative estimate of drug-likeness (QED) is 0.806. The third-order valence-electron chi connectivity index (χ3n) is 3.40. The van der Waals surface area contributed by atoms with Crippen molar-refractivity contribution in [1.29, 1.82) is 0 Å². The molecule has 0 fully saturated rings. The van der Waals surface area contributed by atoms with Gasteiger partial charge in [0, 0.05) is 15.8 Å². The van der Waals surface area contributed by atoms with E-state index >= 15 is 0 Å². The first-order valence-corrected chi connectivity index (χ1v) is 8.10. The van der Waals surface area contributed by atoms with Crippen LogP contribution in [-0.2, 0) is 4.79 Å². The van der Waals surface area contributed by atoms with Gasteiger partial charge in [0.1, 0.15) is 16.7 Å². The Hall–Kier alpha value is -1.99. The molecule has 1 atom stereocenters. The van der Waals surface area contributed by atoms with Crippen LogP contribution < -0.4 is 11.3 Å². The molecule has 1 amide bonds. The summed E-state index contributed by atoms with van der Waals surface area (Å²) in [7, 11) is 0. The van der Waals surface area contributed by atoms with Gasteiger partial charge in [0.25, 0.3) is 5.56 Å². The molecule has 0 bridgehead atoms. The third-order valence-corrected chi connectivity index (χ3v) is 5.18. The van der Waals surface area contributed by atoms with E-state index in [2.05, 4.69) is 4.98 Å². The van der Waals surface area contributed by atoms with Crippen molar-refractivity contribution in [2.75, 3.05) is 0 Å². The van der Waals surface area contributed by atoms with Crippen molar-refractivity contribution in [3.63, 3.8) is 0 Å². The molecule has 3 aromatic rings. The van der Waals surface area contributed by atoms with Crippen LogP contribution in [0.25, 0.3) is 20.7 Å². The van der Waals surface area contributed by atoms with Crippen molar-refractivity contribution in [3.05, 3.63) is 39.1 Å². The van der Waals surface area contributed by atoms with Gasteiger partial charge < -0.3 is 5.73 Å². The summed E-state index contributed by atoms with van der Waals surface area (Å²) in [5, 5.41) is 4.45. The highest BCUT2D eigenvalue weighted by atomic mass is 32.1. The number of nitrogens with two attached hydrogens (primary N) is 1. The Balaban J connectivity index is 2.35. The Morgan fingerprint density at radius 1 is 1.43 bits per heavy atom. The molecule has 0 aliphatic rings. The molecule has 5 nitrogen and oxygen atoms in total. The molecule has 0 aliphatic heterocycles. The molecule has 2 N–H and O–H groups in total. The number of primary amides is 1. The highest BCUT2D eigenvalue weighted by Gasteiger charge is 2.21. The van der Waals surface area contributed by atoms with Gasteiger partial charge in [0.15, 0.2) is 0 Å². The third kappa shape index (κ3) is 2.18. The Morgan fingerprint density at radius 3 is 2.81 bits per heavy atom. The molecule has 108 valence electrons. The second-order valence-electron chi connectivity index (χ2n) is 4.72. The van der Waals surface area contributed by atoms with E-state index in [1.807, 2.05) is 22.9 Å². The smallest absolute Gasteiger partial charge is 0.263 e. The van der Waals surface area contributed by atoms with Crippen LogP contribution >= 0.6 is 22.7 Å². The van der Waals surface area contributed by atoms with Gasteiger partial charge in [-0.05, 0) is 25.3 Å².